The van der Waals surface area contributed by atoms with Gasteiger partial charge < -0.3 is 29.6 Å². The van der Waals surface area contributed by atoms with Gasteiger partial charge in [-0.2, -0.15) is 0 Å². The van der Waals surface area contributed by atoms with Gasteiger partial charge in [0.05, 0.1) is 25.2 Å². The van der Waals surface area contributed by atoms with E-state index >= 15 is 0 Å². The van der Waals surface area contributed by atoms with Crippen molar-refractivity contribution < 1.29 is 23.4 Å². The number of nitrogens with zero attached hydrogens (tertiary/aromatic N) is 3. The fraction of sp³-hybridized carbons (Fsp3) is 0.323. The lowest BCUT2D eigenvalue weighted by Crippen LogP contribution is -2.40. The van der Waals surface area contributed by atoms with Crippen LogP contribution in [0, 0.1) is 5.92 Å². The molecule has 12 heteroatoms. The highest BCUT2D eigenvalue weighted by molar-refractivity contribution is 7.57. The second-order valence-corrected chi connectivity index (χ2v) is 12.4. The first kappa shape index (κ1) is 31.7. The summed E-state index contributed by atoms with van der Waals surface area (Å²) >= 11 is 0. The van der Waals surface area contributed by atoms with Gasteiger partial charge in [0.2, 0.25) is 0 Å². The number of para-hydroxylation sites is 1. The average molecular weight is 607 g/mol. The summed E-state index contributed by atoms with van der Waals surface area (Å²) in [6.07, 6.45) is 3.36. The largest absolute Gasteiger partial charge is 0.464 e. The lowest BCUT2D eigenvalue weighted by atomic mass is 10.1. The van der Waals surface area contributed by atoms with Crippen molar-refractivity contribution >= 4 is 36.2 Å². The number of nitrogens with two attached hydrogens (primary N) is 1. The summed E-state index contributed by atoms with van der Waals surface area (Å²) in [6.45, 7) is 8.96. The second kappa shape index (κ2) is 15.3. The number of hydrogen-bond donors (Lipinski definition) is 3. The van der Waals surface area contributed by atoms with Gasteiger partial charge in [0, 0.05) is 19.2 Å². The summed E-state index contributed by atoms with van der Waals surface area (Å²) in [5.74, 6) is 0.370. The molecule has 43 heavy (non-hydrogen) atoms. The zero-order valence-electron chi connectivity index (χ0n) is 24.5. The molecule has 4 N–H and O–H groups in total. The normalized spacial score (nSPS) is 13.4. The molecule has 11 nitrogen and oxygen atoms in total. The minimum absolute atomic E-state index is 0.148. The molecule has 0 aliphatic rings. The average Bonchev–Trinajstić information content (AvgIpc) is 3.40. The minimum Gasteiger partial charge on any atom is -0.464 e. The van der Waals surface area contributed by atoms with Crippen LogP contribution in [0.25, 0.3) is 11.2 Å². The Morgan fingerprint density at radius 2 is 1.86 bits per heavy atom. The molecular formula is C31H39N6O5P. The second-order valence-electron chi connectivity index (χ2n) is 10.4. The van der Waals surface area contributed by atoms with E-state index in [0.29, 0.717) is 35.8 Å². The third-order valence-corrected chi connectivity index (χ3v) is 7.98. The number of carbonyl (C=O) groups is 1. The van der Waals surface area contributed by atoms with Gasteiger partial charge in [0.1, 0.15) is 29.5 Å². The lowest BCUT2D eigenvalue weighted by Gasteiger charge is -2.26. The van der Waals surface area contributed by atoms with Crippen molar-refractivity contribution in [1.29, 1.82) is 0 Å². The number of benzene rings is 2. The summed E-state index contributed by atoms with van der Waals surface area (Å²) < 4.78 is 33.5. The molecule has 2 aromatic heterocycles. The molecule has 228 valence electrons. The third-order valence-electron chi connectivity index (χ3n) is 6.24. The van der Waals surface area contributed by atoms with Gasteiger partial charge in [-0.05, 0) is 30.0 Å². The molecule has 2 aromatic carbocycles. The number of ether oxygens (including phenoxy) is 2. The maximum atomic E-state index is 14.3. The van der Waals surface area contributed by atoms with E-state index in [9.17, 15) is 9.36 Å². The zero-order valence-corrected chi connectivity index (χ0v) is 25.4. The number of nitrogen functional groups attached to an aromatic ring is 1. The zero-order chi connectivity index (χ0) is 30.7. The highest BCUT2D eigenvalue weighted by atomic mass is 31.2. The van der Waals surface area contributed by atoms with E-state index in [4.69, 9.17) is 19.7 Å². The van der Waals surface area contributed by atoms with Gasteiger partial charge in [-0.3, -0.25) is 9.36 Å². The van der Waals surface area contributed by atoms with Crippen molar-refractivity contribution in [1.82, 2.24) is 19.6 Å². The highest BCUT2D eigenvalue weighted by Gasteiger charge is 2.33. The number of rotatable bonds is 17. The fourth-order valence-corrected chi connectivity index (χ4v) is 5.93. The topological polar surface area (TPSA) is 143 Å². The lowest BCUT2D eigenvalue weighted by molar-refractivity contribution is -0.146. The maximum Gasteiger partial charge on any atom is 0.342 e. The molecule has 2 atom stereocenters. The summed E-state index contributed by atoms with van der Waals surface area (Å²) in [4.78, 5) is 22.1. The van der Waals surface area contributed by atoms with Gasteiger partial charge in [-0.1, -0.05) is 68.5 Å². The van der Waals surface area contributed by atoms with Crippen LogP contribution >= 0.6 is 7.52 Å². The predicted molar refractivity (Wildman–Crippen MR) is 169 cm³/mol. The standard InChI is InChI=1S/C31H39N6O5P/c1-4-15-33-26-19-28(32)35-30-29(26)34-21-37(30)16-17-40-22-43(39,42-25-13-9-6-10-14-25)36-27(31(38)41-20-23(2)3)18-24-11-7-5-8-12-24/h4-14,19,21,23,27H,1,15-18,20,22H2,2-3H3,(H,36,39)(H3,32,33,35). The Morgan fingerprint density at radius 3 is 2.56 bits per heavy atom. The van der Waals surface area contributed by atoms with Crippen LogP contribution in [0.4, 0.5) is 11.5 Å². The van der Waals surface area contributed by atoms with Crippen LogP contribution in [-0.2, 0) is 31.8 Å². The Balaban J connectivity index is 1.49. The number of fused-ring (bicyclic) bond motifs is 1. The van der Waals surface area contributed by atoms with E-state index in [1.807, 2.05) is 54.8 Å². The summed E-state index contributed by atoms with van der Waals surface area (Å²) in [5, 5.41) is 6.20. The van der Waals surface area contributed by atoms with Crippen LogP contribution in [0.15, 0.2) is 85.7 Å². The fourth-order valence-electron chi connectivity index (χ4n) is 4.24. The maximum absolute atomic E-state index is 14.3. The number of hydrogen-bond acceptors (Lipinski definition) is 9. The van der Waals surface area contributed by atoms with Crippen molar-refractivity contribution in [3.8, 4) is 5.75 Å². The number of imidazole rings is 1. The molecule has 0 saturated heterocycles. The van der Waals surface area contributed by atoms with Crippen molar-refractivity contribution in [3.05, 3.63) is 91.3 Å². The quantitative estimate of drug-likeness (QED) is 0.0631. The first-order valence-corrected chi connectivity index (χ1v) is 15.9. The van der Waals surface area contributed by atoms with Crippen LogP contribution in [0.5, 0.6) is 5.75 Å². The molecule has 0 aliphatic heterocycles. The van der Waals surface area contributed by atoms with Gasteiger partial charge in [0.15, 0.2) is 5.65 Å². The summed E-state index contributed by atoms with van der Waals surface area (Å²) in [5.41, 5.74) is 8.92. The van der Waals surface area contributed by atoms with Crippen molar-refractivity contribution in [2.75, 3.05) is 37.2 Å². The van der Waals surface area contributed by atoms with E-state index < -0.39 is 19.5 Å². The molecule has 0 fully saturated rings. The van der Waals surface area contributed by atoms with Gasteiger partial charge in [-0.25, -0.2) is 15.1 Å². The molecule has 0 bridgehead atoms. The monoisotopic (exact) mass is 606 g/mol. The smallest absolute Gasteiger partial charge is 0.342 e. The van der Waals surface area contributed by atoms with Gasteiger partial charge in [0.25, 0.3) is 0 Å². The number of esters is 1. The molecule has 2 heterocycles. The Labute approximate surface area is 252 Å². The molecule has 0 amide bonds. The van der Waals surface area contributed by atoms with Crippen molar-refractivity contribution in [2.45, 2.75) is 32.9 Å². The van der Waals surface area contributed by atoms with E-state index in [0.717, 1.165) is 11.3 Å². The Hall–Kier alpha value is -4.18. The minimum atomic E-state index is -3.77. The van der Waals surface area contributed by atoms with Gasteiger partial charge >= 0.3 is 13.5 Å². The molecule has 0 aliphatic carbocycles. The van der Waals surface area contributed by atoms with Crippen LogP contribution < -0.4 is 20.7 Å². The molecule has 4 rings (SSSR count). The molecule has 2 unspecified atom stereocenters. The first-order valence-electron chi connectivity index (χ1n) is 14.1. The number of nitrogens with one attached hydrogen (secondary N) is 2. The Kier molecular flexibility index (Phi) is 11.3. The van der Waals surface area contributed by atoms with Crippen LogP contribution in [0.1, 0.15) is 19.4 Å². The predicted octanol–water partition coefficient (Wildman–Crippen LogP) is 5.26. The first-order chi connectivity index (χ1) is 20.8. The van der Waals surface area contributed by atoms with Crippen LogP contribution in [-0.4, -0.2) is 52.7 Å². The molecule has 0 saturated carbocycles. The Bertz CT molecular complexity index is 1530. The van der Waals surface area contributed by atoms with Crippen LogP contribution in [0.2, 0.25) is 0 Å². The SMILES string of the molecule is C=CCNc1cc(N)nc2c1ncn2CCOCP(=O)(NC(Cc1ccccc1)C(=O)OCC(C)C)Oc1ccccc1. The van der Waals surface area contributed by atoms with E-state index in [1.54, 1.807) is 42.7 Å². The highest BCUT2D eigenvalue weighted by Crippen LogP contribution is 2.44. The summed E-state index contributed by atoms with van der Waals surface area (Å²) in [7, 11) is -3.77. The molecule has 4 aromatic rings. The van der Waals surface area contributed by atoms with E-state index in [-0.39, 0.29) is 31.9 Å². The number of pyridine rings is 1. The van der Waals surface area contributed by atoms with Crippen LogP contribution in [0.3, 0.4) is 0 Å². The van der Waals surface area contributed by atoms with Crippen molar-refractivity contribution in [3.63, 3.8) is 0 Å². The molecular weight excluding hydrogens is 567 g/mol. The van der Waals surface area contributed by atoms with Crippen molar-refractivity contribution in [2.24, 2.45) is 5.92 Å². The number of aromatic nitrogens is 3. The van der Waals surface area contributed by atoms with Gasteiger partial charge in [-0.15, -0.1) is 6.58 Å². The Morgan fingerprint density at radius 1 is 1.14 bits per heavy atom. The third kappa shape index (κ3) is 9.41. The van der Waals surface area contributed by atoms with E-state index in [1.165, 1.54) is 0 Å². The number of anilines is 2. The molecule has 0 spiro atoms. The van der Waals surface area contributed by atoms with E-state index in [2.05, 4.69) is 27.0 Å². The summed E-state index contributed by atoms with van der Waals surface area (Å²) in [6, 6.07) is 19.0. The molecule has 0 radical (unpaired) electrons. The number of carbonyl (C=O) groups excluding carboxylic acids is 1.